The molecule has 2 aliphatic carbocycles. The first-order chi connectivity index (χ1) is 13.8. The van der Waals surface area contributed by atoms with Gasteiger partial charge >= 0.3 is 5.97 Å². The van der Waals surface area contributed by atoms with E-state index < -0.39 is 17.8 Å². The van der Waals surface area contributed by atoms with Crippen LogP contribution in [0.2, 0.25) is 0 Å². The number of benzene rings is 1. The first-order valence-corrected chi connectivity index (χ1v) is 10.0. The molecule has 154 valence electrons. The number of aryl methyl sites for hydroxylation is 1. The Labute approximate surface area is 168 Å². The molecule has 3 amide bonds. The van der Waals surface area contributed by atoms with Crippen molar-refractivity contribution < 1.29 is 24.3 Å². The predicted molar refractivity (Wildman–Crippen MR) is 103 cm³/mol. The number of amides is 3. The number of hydrogen-bond donors (Lipinski definition) is 2. The lowest BCUT2D eigenvalue weighted by Gasteiger charge is -2.42. The number of carbonyl (C=O) groups is 4. The summed E-state index contributed by atoms with van der Waals surface area (Å²) in [6.45, 7) is 2.37. The third kappa shape index (κ3) is 4.17. The quantitative estimate of drug-likeness (QED) is 0.633. The monoisotopic (exact) mass is 399 g/mol. The zero-order valence-electron chi connectivity index (χ0n) is 16.4. The smallest absolute Gasteiger partial charge is 0.317 e. The second-order valence-electron chi connectivity index (χ2n) is 8.40. The Balaban J connectivity index is 1.28. The van der Waals surface area contributed by atoms with Crippen molar-refractivity contribution >= 4 is 23.7 Å². The van der Waals surface area contributed by atoms with Gasteiger partial charge in [-0.05, 0) is 50.7 Å². The first-order valence-electron chi connectivity index (χ1n) is 10.0. The van der Waals surface area contributed by atoms with Crippen LogP contribution in [0.4, 0.5) is 0 Å². The third-order valence-electron chi connectivity index (χ3n) is 5.95. The van der Waals surface area contributed by atoms with Gasteiger partial charge in [0.2, 0.25) is 5.91 Å². The Morgan fingerprint density at radius 3 is 2.52 bits per heavy atom. The van der Waals surface area contributed by atoms with Gasteiger partial charge in [0, 0.05) is 18.6 Å². The number of aliphatic carboxylic acids is 1. The maximum Gasteiger partial charge on any atom is 0.317 e. The fourth-order valence-electron chi connectivity index (χ4n) is 4.12. The lowest BCUT2D eigenvalue weighted by atomic mass is 9.85. The fraction of sp³-hybridized carbons (Fsp3) is 0.524. The van der Waals surface area contributed by atoms with Gasteiger partial charge in [0.15, 0.2) is 0 Å². The molecule has 2 saturated carbocycles. The number of hydrogen-bond acceptors (Lipinski definition) is 5. The first kappa shape index (κ1) is 19.6. The second-order valence-corrected chi connectivity index (χ2v) is 8.40. The van der Waals surface area contributed by atoms with Crippen LogP contribution >= 0.6 is 0 Å². The van der Waals surface area contributed by atoms with Crippen molar-refractivity contribution in [2.75, 3.05) is 19.6 Å². The minimum Gasteiger partial charge on any atom is -0.480 e. The van der Waals surface area contributed by atoms with Crippen LogP contribution in [0.25, 0.3) is 0 Å². The molecule has 0 atom stereocenters. The summed E-state index contributed by atoms with van der Waals surface area (Å²) in [6.07, 6.45) is 3.69. The summed E-state index contributed by atoms with van der Waals surface area (Å²) in [5.74, 6) is -1.48. The number of fused-ring (bicyclic) bond motifs is 1. The van der Waals surface area contributed by atoms with Crippen LogP contribution < -0.4 is 5.32 Å². The van der Waals surface area contributed by atoms with Gasteiger partial charge in [0.05, 0.1) is 17.7 Å². The van der Waals surface area contributed by atoms with Gasteiger partial charge in [-0.1, -0.05) is 11.6 Å². The minimum absolute atomic E-state index is 0.0241. The molecular formula is C21H25N3O5. The van der Waals surface area contributed by atoms with Crippen LogP contribution in [-0.2, 0) is 9.59 Å². The molecule has 1 aliphatic heterocycles. The maximum absolute atomic E-state index is 12.5. The Bertz CT molecular complexity index is 873. The predicted octanol–water partition coefficient (Wildman–Crippen LogP) is 1.03. The van der Waals surface area contributed by atoms with Crippen LogP contribution in [0.3, 0.4) is 0 Å². The number of imide groups is 1. The largest absolute Gasteiger partial charge is 0.480 e. The van der Waals surface area contributed by atoms with Gasteiger partial charge in [0.25, 0.3) is 11.8 Å². The lowest BCUT2D eigenvalue weighted by molar-refractivity contribution is -0.140. The van der Waals surface area contributed by atoms with Crippen LogP contribution in [0.15, 0.2) is 18.2 Å². The van der Waals surface area contributed by atoms with E-state index >= 15 is 0 Å². The van der Waals surface area contributed by atoms with E-state index in [1.165, 1.54) is 0 Å². The van der Waals surface area contributed by atoms with Crippen molar-refractivity contribution in [3.05, 3.63) is 34.9 Å². The van der Waals surface area contributed by atoms with E-state index in [-0.39, 0.29) is 31.1 Å². The normalized spacial score (nSPS) is 23.2. The van der Waals surface area contributed by atoms with Gasteiger partial charge < -0.3 is 10.4 Å². The molecule has 0 aromatic heterocycles. The molecule has 0 radical (unpaired) electrons. The van der Waals surface area contributed by atoms with E-state index in [0.29, 0.717) is 29.9 Å². The highest BCUT2D eigenvalue weighted by Gasteiger charge is 2.40. The second kappa shape index (κ2) is 7.59. The molecule has 4 rings (SSSR count). The highest BCUT2D eigenvalue weighted by molar-refractivity contribution is 6.22. The van der Waals surface area contributed by atoms with Crippen molar-refractivity contribution in [3.63, 3.8) is 0 Å². The van der Waals surface area contributed by atoms with E-state index in [2.05, 4.69) is 5.32 Å². The van der Waals surface area contributed by atoms with Crippen LogP contribution in [0.5, 0.6) is 0 Å². The number of nitrogens with one attached hydrogen (secondary N) is 1. The number of rotatable bonds is 8. The minimum atomic E-state index is -0.834. The molecular weight excluding hydrogens is 374 g/mol. The molecule has 1 heterocycles. The molecule has 0 unspecified atom stereocenters. The summed E-state index contributed by atoms with van der Waals surface area (Å²) in [4.78, 5) is 51.4. The van der Waals surface area contributed by atoms with Gasteiger partial charge in [-0.3, -0.25) is 29.0 Å². The fourth-order valence-corrected chi connectivity index (χ4v) is 4.12. The SMILES string of the molecule is Cc1ccc2c(c1)C(=O)N(CC(=O)NC1CC(N(CC(=O)O)CC3CC3)C1)C2=O. The Morgan fingerprint density at radius 1 is 1.17 bits per heavy atom. The van der Waals surface area contributed by atoms with E-state index in [9.17, 15) is 19.2 Å². The maximum atomic E-state index is 12.5. The molecule has 2 fully saturated rings. The summed E-state index contributed by atoms with van der Waals surface area (Å²) >= 11 is 0. The molecule has 0 spiro atoms. The van der Waals surface area contributed by atoms with Crippen LogP contribution in [0, 0.1) is 12.8 Å². The van der Waals surface area contributed by atoms with E-state index in [1.807, 2.05) is 11.8 Å². The molecule has 29 heavy (non-hydrogen) atoms. The van der Waals surface area contributed by atoms with Crippen molar-refractivity contribution in [3.8, 4) is 0 Å². The van der Waals surface area contributed by atoms with Crippen molar-refractivity contribution in [1.29, 1.82) is 0 Å². The lowest BCUT2D eigenvalue weighted by Crippen LogP contribution is -2.56. The van der Waals surface area contributed by atoms with E-state index in [1.54, 1.807) is 18.2 Å². The van der Waals surface area contributed by atoms with Crippen molar-refractivity contribution in [1.82, 2.24) is 15.1 Å². The standard InChI is InChI=1S/C21H25N3O5/c1-12-2-5-16-17(6-12)21(29)24(20(16)28)10-18(25)22-14-7-15(8-14)23(11-19(26)27)9-13-3-4-13/h2,5-6,13-15H,3-4,7-11H2,1H3,(H,22,25)(H,26,27). The molecule has 1 aromatic rings. The van der Waals surface area contributed by atoms with Gasteiger partial charge in [-0.2, -0.15) is 0 Å². The Morgan fingerprint density at radius 2 is 1.86 bits per heavy atom. The van der Waals surface area contributed by atoms with E-state index in [0.717, 1.165) is 29.8 Å². The van der Waals surface area contributed by atoms with E-state index in [4.69, 9.17) is 5.11 Å². The molecule has 0 bridgehead atoms. The highest BCUT2D eigenvalue weighted by Crippen LogP contribution is 2.33. The third-order valence-corrected chi connectivity index (χ3v) is 5.95. The zero-order chi connectivity index (χ0) is 20.7. The summed E-state index contributed by atoms with van der Waals surface area (Å²) < 4.78 is 0. The number of carbonyl (C=O) groups excluding carboxylic acids is 3. The summed E-state index contributed by atoms with van der Waals surface area (Å²) in [6, 6.07) is 5.16. The average molecular weight is 399 g/mol. The highest BCUT2D eigenvalue weighted by atomic mass is 16.4. The number of carboxylic acids is 1. The van der Waals surface area contributed by atoms with Crippen molar-refractivity contribution in [2.24, 2.45) is 5.92 Å². The molecule has 3 aliphatic rings. The van der Waals surface area contributed by atoms with Crippen molar-refractivity contribution in [2.45, 2.75) is 44.7 Å². The van der Waals surface area contributed by atoms with Gasteiger partial charge in [-0.25, -0.2) is 0 Å². The Hall–Kier alpha value is -2.74. The summed E-state index contributed by atoms with van der Waals surface area (Å²) in [5, 5.41) is 12.0. The van der Waals surface area contributed by atoms with Gasteiger partial charge in [0.1, 0.15) is 6.54 Å². The molecule has 8 nitrogen and oxygen atoms in total. The average Bonchev–Trinajstić information content (AvgIpc) is 3.40. The number of nitrogens with zero attached hydrogens (tertiary/aromatic N) is 2. The molecule has 1 aromatic carbocycles. The molecule has 0 saturated heterocycles. The molecule has 2 N–H and O–H groups in total. The zero-order valence-corrected chi connectivity index (χ0v) is 16.4. The summed E-state index contributed by atoms with van der Waals surface area (Å²) in [7, 11) is 0. The van der Waals surface area contributed by atoms with Crippen LogP contribution in [-0.4, -0.2) is 70.3 Å². The van der Waals surface area contributed by atoms with Crippen LogP contribution in [0.1, 0.15) is 52.0 Å². The number of carboxylic acid groups (broad SMARTS) is 1. The topological polar surface area (TPSA) is 107 Å². The van der Waals surface area contributed by atoms with Gasteiger partial charge in [-0.15, -0.1) is 0 Å². The summed E-state index contributed by atoms with van der Waals surface area (Å²) in [5.41, 5.74) is 1.56. The Kier molecular flexibility index (Phi) is 5.12. The molecule has 8 heteroatoms.